The molecule has 88 valence electrons. The minimum Gasteiger partial charge on any atom is -0.399 e. The number of nitrogens with one attached hydrogen (secondary N) is 1. The standard InChI is InChI=1S/C12H9BrClFN2/c13-9-3-1-7(15)5-12(9)17-11-4-2-8(16)6-10(11)14/h1-6,17H,16H2. The molecule has 0 saturated carbocycles. The van der Waals surface area contributed by atoms with Crippen LogP contribution in [0.1, 0.15) is 0 Å². The summed E-state index contributed by atoms with van der Waals surface area (Å²) in [6.45, 7) is 0. The van der Waals surface area contributed by atoms with E-state index in [1.807, 2.05) is 0 Å². The van der Waals surface area contributed by atoms with Crippen LogP contribution in [-0.4, -0.2) is 0 Å². The van der Waals surface area contributed by atoms with Gasteiger partial charge in [0.25, 0.3) is 0 Å². The molecule has 0 saturated heterocycles. The first kappa shape index (κ1) is 12.2. The Morgan fingerprint density at radius 3 is 2.59 bits per heavy atom. The monoisotopic (exact) mass is 314 g/mol. The Bertz CT molecular complexity index is 560. The quantitative estimate of drug-likeness (QED) is 0.797. The summed E-state index contributed by atoms with van der Waals surface area (Å²) in [5.41, 5.74) is 7.46. The second-order valence-electron chi connectivity index (χ2n) is 3.49. The predicted octanol–water partition coefficient (Wildman–Crippen LogP) is 4.57. The van der Waals surface area contributed by atoms with Gasteiger partial charge in [-0.05, 0) is 52.3 Å². The van der Waals surface area contributed by atoms with Gasteiger partial charge in [0, 0.05) is 10.2 Å². The van der Waals surface area contributed by atoms with Crippen molar-refractivity contribution in [2.24, 2.45) is 0 Å². The lowest BCUT2D eigenvalue weighted by Gasteiger charge is -2.10. The third kappa shape index (κ3) is 2.90. The van der Waals surface area contributed by atoms with Gasteiger partial charge in [0.05, 0.1) is 16.4 Å². The molecular weight excluding hydrogens is 307 g/mol. The normalized spacial score (nSPS) is 10.3. The fraction of sp³-hybridized carbons (Fsp3) is 0. The van der Waals surface area contributed by atoms with Gasteiger partial charge in [0.2, 0.25) is 0 Å². The van der Waals surface area contributed by atoms with Crippen molar-refractivity contribution in [2.75, 3.05) is 11.1 Å². The number of rotatable bonds is 2. The van der Waals surface area contributed by atoms with Crippen LogP contribution in [0.15, 0.2) is 40.9 Å². The second-order valence-corrected chi connectivity index (χ2v) is 4.75. The minimum atomic E-state index is -0.317. The number of hydrogen-bond donors (Lipinski definition) is 2. The lowest BCUT2D eigenvalue weighted by Crippen LogP contribution is -1.94. The van der Waals surface area contributed by atoms with Crippen molar-refractivity contribution in [3.05, 3.63) is 51.7 Å². The van der Waals surface area contributed by atoms with Gasteiger partial charge in [-0.3, -0.25) is 0 Å². The first-order valence-corrected chi connectivity index (χ1v) is 6.00. The van der Waals surface area contributed by atoms with Crippen LogP contribution in [-0.2, 0) is 0 Å². The summed E-state index contributed by atoms with van der Waals surface area (Å²) in [6.07, 6.45) is 0. The number of nitrogens with two attached hydrogens (primary N) is 1. The molecule has 5 heteroatoms. The van der Waals surface area contributed by atoms with Gasteiger partial charge < -0.3 is 11.1 Å². The maximum Gasteiger partial charge on any atom is 0.125 e. The topological polar surface area (TPSA) is 38.0 Å². The molecule has 0 fully saturated rings. The molecule has 2 aromatic carbocycles. The summed E-state index contributed by atoms with van der Waals surface area (Å²) < 4.78 is 13.9. The van der Waals surface area contributed by atoms with Crippen molar-refractivity contribution in [3.8, 4) is 0 Å². The Kier molecular flexibility index (Phi) is 3.54. The van der Waals surface area contributed by atoms with Crippen LogP contribution in [0.3, 0.4) is 0 Å². The lowest BCUT2D eigenvalue weighted by atomic mass is 10.2. The first-order valence-electron chi connectivity index (χ1n) is 4.83. The van der Waals surface area contributed by atoms with E-state index in [0.29, 0.717) is 22.1 Å². The Morgan fingerprint density at radius 2 is 1.88 bits per heavy atom. The number of hydrogen-bond acceptors (Lipinski definition) is 2. The molecule has 0 aliphatic rings. The second kappa shape index (κ2) is 4.94. The maximum atomic E-state index is 13.1. The zero-order valence-electron chi connectivity index (χ0n) is 8.68. The molecule has 0 atom stereocenters. The van der Waals surface area contributed by atoms with E-state index in [2.05, 4.69) is 21.2 Å². The minimum absolute atomic E-state index is 0.317. The Hall–Kier alpha value is -1.26. The highest BCUT2D eigenvalue weighted by Crippen LogP contribution is 2.31. The Labute approximate surface area is 112 Å². The molecular formula is C12H9BrClFN2. The van der Waals surface area contributed by atoms with Gasteiger partial charge in [0.15, 0.2) is 0 Å². The van der Waals surface area contributed by atoms with Crippen LogP contribution in [0.5, 0.6) is 0 Å². The third-order valence-corrected chi connectivity index (χ3v) is 3.20. The van der Waals surface area contributed by atoms with E-state index in [9.17, 15) is 4.39 Å². The van der Waals surface area contributed by atoms with E-state index >= 15 is 0 Å². The van der Waals surface area contributed by atoms with E-state index in [1.165, 1.54) is 12.1 Å². The van der Waals surface area contributed by atoms with E-state index in [4.69, 9.17) is 17.3 Å². The molecule has 0 aliphatic carbocycles. The van der Waals surface area contributed by atoms with Gasteiger partial charge in [-0.2, -0.15) is 0 Å². The third-order valence-electron chi connectivity index (χ3n) is 2.19. The zero-order chi connectivity index (χ0) is 12.4. The largest absolute Gasteiger partial charge is 0.399 e. The van der Waals surface area contributed by atoms with Gasteiger partial charge in [-0.15, -0.1) is 0 Å². The van der Waals surface area contributed by atoms with E-state index < -0.39 is 0 Å². The number of benzene rings is 2. The molecule has 2 nitrogen and oxygen atoms in total. The van der Waals surface area contributed by atoms with Crippen LogP contribution < -0.4 is 11.1 Å². The summed E-state index contributed by atoms with van der Waals surface area (Å²) in [5.74, 6) is -0.317. The molecule has 17 heavy (non-hydrogen) atoms. The Morgan fingerprint density at radius 1 is 1.12 bits per heavy atom. The predicted molar refractivity (Wildman–Crippen MR) is 73.2 cm³/mol. The maximum absolute atomic E-state index is 13.1. The molecule has 0 amide bonds. The SMILES string of the molecule is Nc1ccc(Nc2cc(F)ccc2Br)c(Cl)c1. The van der Waals surface area contributed by atoms with E-state index in [0.717, 1.165) is 4.47 Å². The highest BCUT2D eigenvalue weighted by molar-refractivity contribution is 9.10. The van der Waals surface area contributed by atoms with Crippen molar-refractivity contribution in [1.82, 2.24) is 0 Å². The molecule has 0 aromatic heterocycles. The molecule has 0 unspecified atom stereocenters. The average molecular weight is 316 g/mol. The molecule has 0 bridgehead atoms. The van der Waals surface area contributed by atoms with Gasteiger partial charge in [-0.1, -0.05) is 11.6 Å². The van der Waals surface area contributed by atoms with E-state index in [1.54, 1.807) is 24.3 Å². The van der Waals surface area contributed by atoms with Crippen molar-refractivity contribution in [2.45, 2.75) is 0 Å². The summed E-state index contributed by atoms with van der Waals surface area (Å²) >= 11 is 9.35. The fourth-order valence-electron chi connectivity index (χ4n) is 1.37. The van der Waals surface area contributed by atoms with E-state index in [-0.39, 0.29) is 5.82 Å². The highest BCUT2D eigenvalue weighted by atomic mass is 79.9. The van der Waals surface area contributed by atoms with Crippen molar-refractivity contribution in [1.29, 1.82) is 0 Å². The van der Waals surface area contributed by atoms with Crippen molar-refractivity contribution >= 4 is 44.6 Å². The van der Waals surface area contributed by atoms with Crippen LogP contribution >= 0.6 is 27.5 Å². The van der Waals surface area contributed by atoms with Gasteiger partial charge in [0.1, 0.15) is 5.82 Å². The van der Waals surface area contributed by atoms with Gasteiger partial charge in [-0.25, -0.2) is 4.39 Å². The summed E-state index contributed by atoms with van der Waals surface area (Å²) in [4.78, 5) is 0. The summed E-state index contributed by atoms with van der Waals surface area (Å²) in [6, 6.07) is 9.49. The summed E-state index contributed by atoms with van der Waals surface area (Å²) in [7, 11) is 0. The molecule has 0 aliphatic heterocycles. The van der Waals surface area contributed by atoms with Crippen LogP contribution in [0, 0.1) is 5.82 Å². The van der Waals surface area contributed by atoms with Crippen LogP contribution in [0.4, 0.5) is 21.5 Å². The number of nitrogen functional groups attached to an aromatic ring is 1. The average Bonchev–Trinajstić information content (AvgIpc) is 2.27. The zero-order valence-corrected chi connectivity index (χ0v) is 11.0. The highest BCUT2D eigenvalue weighted by Gasteiger charge is 2.05. The van der Waals surface area contributed by atoms with Crippen LogP contribution in [0.25, 0.3) is 0 Å². The van der Waals surface area contributed by atoms with Crippen molar-refractivity contribution in [3.63, 3.8) is 0 Å². The number of anilines is 3. The summed E-state index contributed by atoms with van der Waals surface area (Å²) in [5, 5.41) is 3.52. The molecule has 0 spiro atoms. The molecule has 0 radical (unpaired) electrons. The Balaban J connectivity index is 2.34. The smallest absolute Gasteiger partial charge is 0.125 e. The van der Waals surface area contributed by atoms with Gasteiger partial charge >= 0.3 is 0 Å². The molecule has 0 heterocycles. The number of halogens is 3. The fourth-order valence-corrected chi connectivity index (χ4v) is 1.95. The lowest BCUT2D eigenvalue weighted by molar-refractivity contribution is 0.628. The molecule has 3 N–H and O–H groups in total. The molecule has 2 rings (SSSR count). The van der Waals surface area contributed by atoms with Crippen molar-refractivity contribution < 1.29 is 4.39 Å². The first-order chi connectivity index (χ1) is 8.06. The van der Waals surface area contributed by atoms with Crippen LogP contribution in [0.2, 0.25) is 5.02 Å². The molecule has 2 aromatic rings.